The Labute approximate surface area is 159 Å². The van der Waals surface area contributed by atoms with Crippen LogP contribution in [-0.2, 0) is 4.74 Å². The molecule has 1 heterocycles. The largest absolute Gasteiger partial charge is 0.444 e. The Morgan fingerprint density at radius 2 is 1.85 bits per heavy atom. The van der Waals surface area contributed by atoms with Gasteiger partial charge in [-0.1, -0.05) is 30.3 Å². The summed E-state index contributed by atoms with van der Waals surface area (Å²) in [7, 11) is 0. The van der Waals surface area contributed by atoms with Gasteiger partial charge >= 0.3 is 6.09 Å². The predicted molar refractivity (Wildman–Crippen MR) is 106 cm³/mol. The lowest BCUT2D eigenvalue weighted by Crippen LogP contribution is -2.41. The summed E-state index contributed by atoms with van der Waals surface area (Å²) in [5.74, 6) is -0.126. The Morgan fingerprint density at radius 1 is 1.15 bits per heavy atom. The molecule has 6 heteroatoms. The molecule has 0 spiro atoms. The van der Waals surface area contributed by atoms with Gasteiger partial charge in [-0.2, -0.15) is 0 Å². The zero-order chi connectivity index (χ0) is 19.2. The Bertz CT molecular complexity index is 735. The molecule has 1 N–H and O–H groups in total. The van der Waals surface area contributed by atoms with Crippen molar-refractivity contribution in [2.24, 2.45) is 0 Å². The number of benzene rings is 1. The molecular formula is C20H26N2O3S. The summed E-state index contributed by atoms with van der Waals surface area (Å²) in [4.78, 5) is 26.9. The van der Waals surface area contributed by atoms with Crippen molar-refractivity contribution in [3.63, 3.8) is 0 Å². The Hall–Kier alpha value is -2.34. The van der Waals surface area contributed by atoms with Crippen molar-refractivity contribution in [3.8, 4) is 11.1 Å². The van der Waals surface area contributed by atoms with E-state index in [1.165, 1.54) is 11.3 Å². The van der Waals surface area contributed by atoms with Gasteiger partial charge in [-0.3, -0.25) is 4.79 Å². The van der Waals surface area contributed by atoms with Crippen molar-refractivity contribution in [2.45, 2.75) is 33.3 Å². The summed E-state index contributed by atoms with van der Waals surface area (Å²) in [6, 6.07) is 11.8. The minimum atomic E-state index is -0.532. The van der Waals surface area contributed by atoms with E-state index >= 15 is 0 Å². The molecule has 0 atom stereocenters. The molecule has 2 amide bonds. The number of amides is 2. The van der Waals surface area contributed by atoms with Crippen LogP contribution in [0.15, 0.2) is 41.8 Å². The van der Waals surface area contributed by atoms with E-state index in [0.717, 1.165) is 11.1 Å². The monoisotopic (exact) mass is 374 g/mol. The molecule has 0 fully saturated rings. The van der Waals surface area contributed by atoms with Gasteiger partial charge in [-0.05, 0) is 44.7 Å². The lowest BCUT2D eigenvalue weighted by atomic mass is 10.1. The van der Waals surface area contributed by atoms with Crippen molar-refractivity contribution in [1.82, 2.24) is 10.2 Å². The number of ether oxygens (including phenoxy) is 1. The molecule has 0 aliphatic rings. The SMILES string of the molecule is CCN(CCNC(=O)c1sccc1-c1ccccc1)C(=O)OC(C)(C)C. The third-order valence-corrected chi connectivity index (χ3v) is 4.57. The van der Waals surface area contributed by atoms with Crippen molar-refractivity contribution in [2.75, 3.05) is 19.6 Å². The molecule has 140 valence electrons. The van der Waals surface area contributed by atoms with Gasteiger partial charge in [-0.15, -0.1) is 11.3 Å². The van der Waals surface area contributed by atoms with Gasteiger partial charge in [0.15, 0.2) is 0 Å². The summed E-state index contributed by atoms with van der Waals surface area (Å²) in [5, 5.41) is 4.81. The molecule has 2 aromatic rings. The first-order valence-corrected chi connectivity index (χ1v) is 9.59. The van der Waals surface area contributed by atoms with E-state index in [4.69, 9.17) is 4.74 Å². The molecule has 5 nitrogen and oxygen atoms in total. The normalized spacial score (nSPS) is 11.1. The number of nitrogens with zero attached hydrogens (tertiary/aromatic N) is 1. The number of likely N-dealkylation sites (N-methyl/N-ethyl adjacent to an activating group) is 1. The highest BCUT2D eigenvalue weighted by molar-refractivity contribution is 7.12. The van der Waals surface area contributed by atoms with E-state index in [0.29, 0.717) is 24.5 Å². The van der Waals surface area contributed by atoms with Crippen molar-refractivity contribution < 1.29 is 14.3 Å². The van der Waals surface area contributed by atoms with Crippen LogP contribution in [0.2, 0.25) is 0 Å². The first kappa shape index (κ1) is 20.0. The molecule has 1 aromatic heterocycles. The molecule has 0 aliphatic carbocycles. The van der Waals surface area contributed by atoms with Gasteiger partial charge in [0.25, 0.3) is 5.91 Å². The van der Waals surface area contributed by atoms with Crippen LogP contribution < -0.4 is 5.32 Å². The maximum absolute atomic E-state index is 12.5. The van der Waals surface area contributed by atoms with Crippen LogP contribution in [0.25, 0.3) is 11.1 Å². The molecule has 0 saturated carbocycles. The number of hydrogen-bond acceptors (Lipinski definition) is 4. The molecule has 2 rings (SSSR count). The zero-order valence-electron chi connectivity index (χ0n) is 15.7. The van der Waals surface area contributed by atoms with Gasteiger partial charge in [0, 0.05) is 25.2 Å². The fourth-order valence-electron chi connectivity index (χ4n) is 2.42. The molecule has 0 unspecified atom stereocenters. The smallest absolute Gasteiger partial charge is 0.410 e. The lowest BCUT2D eigenvalue weighted by Gasteiger charge is -2.26. The number of rotatable bonds is 6. The molecule has 1 aromatic carbocycles. The second-order valence-corrected chi connectivity index (χ2v) is 7.76. The van der Waals surface area contributed by atoms with Gasteiger partial charge in [0.1, 0.15) is 5.60 Å². The quantitative estimate of drug-likeness (QED) is 0.815. The number of carbonyl (C=O) groups excluding carboxylic acids is 2. The maximum Gasteiger partial charge on any atom is 0.410 e. The average molecular weight is 375 g/mol. The van der Waals surface area contributed by atoms with Crippen LogP contribution in [0.4, 0.5) is 4.79 Å². The number of hydrogen-bond donors (Lipinski definition) is 1. The molecule has 0 radical (unpaired) electrons. The highest BCUT2D eigenvalue weighted by Crippen LogP contribution is 2.27. The standard InChI is InChI=1S/C20H26N2O3S/c1-5-22(19(24)25-20(2,3)4)13-12-21-18(23)17-16(11-14-26-17)15-9-7-6-8-10-15/h6-11,14H,5,12-13H2,1-4H3,(H,21,23). The minimum Gasteiger partial charge on any atom is -0.444 e. The van der Waals surface area contributed by atoms with Crippen LogP contribution in [0.3, 0.4) is 0 Å². The number of carbonyl (C=O) groups is 2. The van der Waals surface area contributed by atoms with Crippen LogP contribution in [0.1, 0.15) is 37.4 Å². The molecule has 0 bridgehead atoms. The highest BCUT2D eigenvalue weighted by atomic mass is 32.1. The van der Waals surface area contributed by atoms with E-state index < -0.39 is 5.60 Å². The van der Waals surface area contributed by atoms with E-state index in [-0.39, 0.29) is 12.0 Å². The Morgan fingerprint density at radius 3 is 2.46 bits per heavy atom. The van der Waals surface area contributed by atoms with E-state index in [1.54, 1.807) is 4.90 Å². The fraction of sp³-hybridized carbons (Fsp3) is 0.400. The topological polar surface area (TPSA) is 58.6 Å². The van der Waals surface area contributed by atoms with Gasteiger partial charge in [0.2, 0.25) is 0 Å². The molecule has 0 aliphatic heterocycles. The molecular weight excluding hydrogens is 348 g/mol. The highest BCUT2D eigenvalue weighted by Gasteiger charge is 2.21. The van der Waals surface area contributed by atoms with Crippen molar-refractivity contribution in [1.29, 1.82) is 0 Å². The molecule has 26 heavy (non-hydrogen) atoms. The Balaban J connectivity index is 1.93. The summed E-state index contributed by atoms with van der Waals surface area (Å²) in [5.41, 5.74) is 1.41. The van der Waals surface area contributed by atoms with Crippen LogP contribution in [0, 0.1) is 0 Å². The average Bonchev–Trinajstić information content (AvgIpc) is 3.07. The lowest BCUT2D eigenvalue weighted by molar-refractivity contribution is 0.0261. The van der Waals surface area contributed by atoms with E-state index in [1.807, 2.05) is 69.5 Å². The third-order valence-electron chi connectivity index (χ3n) is 3.66. The maximum atomic E-state index is 12.5. The Kier molecular flexibility index (Phi) is 6.80. The fourth-order valence-corrected chi connectivity index (χ4v) is 3.25. The number of nitrogens with one attached hydrogen (secondary N) is 1. The van der Waals surface area contributed by atoms with E-state index in [2.05, 4.69) is 5.32 Å². The van der Waals surface area contributed by atoms with E-state index in [9.17, 15) is 9.59 Å². The number of thiophene rings is 1. The van der Waals surface area contributed by atoms with Crippen LogP contribution in [-0.4, -0.2) is 42.1 Å². The first-order chi connectivity index (χ1) is 12.3. The van der Waals surface area contributed by atoms with Crippen LogP contribution >= 0.6 is 11.3 Å². The van der Waals surface area contributed by atoms with Crippen molar-refractivity contribution >= 4 is 23.3 Å². The van der Waals surface area contributed by atoms with Gasteiger partial charge in [0.05, 0.1) is 4.88 Å². The second kappa shape index (κ2) is 8.85. The minimum absolute atomic E-state index is 0.126. The second-order valence-electron chi connectivity index (χ2n) is 6.85. The summed E-state index contributed by atoms with van der Waals surface area (Å²) >= 11 is 1.41. The van der Waals surface area contributed by atoms with Crippen LogP contribution in [0.5, 0.6) is 0 Å². The summed E-state index contributed by atoms with van der Waals surface area (Å²) in [6.45, 7) is 8.70. The molecule has 0 saturated heterocycles. The zero-order valence-corrected chi connectivity index (χ0v) is 16.6. The third kappa shape index (κ3) is 5.59. The van der Waals surface area contributed by atoms with Gasteiger partial charge < -0.3 is 15.0 Å². The van der Waals surface area contributed by atoms with Gasteiger partial charge in [-0.25, -0.2) is 4.79 Å². The van der Waals surface area contributed by atoms with Crippen molar-refractivity contribution in [3.05, 3.63) is 46.7 Å². The first-order valence-electron chi connectivity index (χ1n) is 8.71. The summed E-state index contributed by atoms with van der Waals surface area (Å²) < 4.78 is 5.37. The predicted octanol–water partition coefficient (Wildman–Crippen LogP) is 4.40. The summed E-state index contributed by atoms with van der Waals surface area (Å²) in [6.07, 6.45) is -0.365.